The summed E-state index contributed by atoms with van der Waals surface area (Å²) in [4.78, 5) is 10.2. The summed E-state index contributed by atoms with van der Waals surface area (Å²) in [6.07, 6.45) is 3.64. The molecule has 0 saturated heterocycles. The quantitative estimate of drug-likeness (QED) is 0.551. The first-order chi connectivity index (χ1) is 9.24. The number of hydrogen-bond acceptors (Lipinski definition) is 3. The lowest BCUT2D eigenvalue weighted by atomic mass is 10.1. The van der Waals surface area contributed by atoms with E-state index in [1.807, 2.05) is 18.2 Å². The lowest BCUT2D eigenvalue weighted by molar-refractivity contribution is -0.109. The summed E-state index contributed by atoms with van der Waals surface area (Å²) in [7, 11) is 1.64. The molecule has 0 saturated carbocycles. The Bertz CT molecular complexity index is 389. The zero-order valence-corrected chi connectivity index (χ0v) is 11.9. The van der Waals surface area contributed by atoms with E-state index in [0.29, 0.717) is 13.0 Å². The monoisotopic (exact) mass is 265 g/mol. The number of hydrogen-bond donors (Lipinski definition) is 1. The maximum atomic E-state index is 10.2. The Morgan fingerprint density at radius 3 is 2.58 bits per heavy atom. The largest absolute Gasteiger partial charge is 0.493 e. The zero-order chi connectivity index (χ0) is 14.1. The van der Waals surface area contributed by atoms with Crippen LogP contribution in [0, 0.1) is 0 Å². The maximum Gasteiger partial charge on any atom is 0.207 e. The Morgan fingerprint density at radius 1 is 1.26 bits per heavy atom. The van der Waals surface area contributed by atoms with Gasteiger partial charge in [-0.1, -0.05) is 19.9 Å². The van der Waals surface area contributed by atoms with Gasteiger partial charge >= 0.3 is 0 Å². The van der Waals surface area contributed by atoms with Crippen LogP contribution in [0.5, 0.6) is 11.5 Å². The van der Waals surface area contributed by atoms with Crippen LogP contribution in [0.2, 0.25) is 0 Å². The number of ether oxygens (including phenoxy) is 2. The van der Waals surface area contributed by atoms with E-state index in [9.17, 15) is 4.79 Å². The van der Waals surface area contributed by atoms with Crippen molar-refractivity contribution in [3.8, 4) is 11.5 Å². The molecule has 0 spiro atoms. The van der Waals surface area contributed by atoms with Gasteiger partial charge < -0.3 is 14.8 Å². The zero-order valence-electron chi connectivity index (χ0n) is 11.9. The molecule has 1 amide bonds. The van der Waals surface area contributed by atoms with Crippen molar-refractivity contribution in [2.45, 2.75) is 39.2 Å². The van der Waals surface area contributed by atoms with Gasteiger partial charge in [-0.2, -0.15) is 0 Å². The highest BCUT2D eigenvalue weighted by molar-refractivity contribution is 5.46. The smallest absolute Gasteiger partial charge is 0.207 e. The van der Waals surface area contributed by atoms with Crippen molar-refractivity contribution < 1.29 is 14.3 Å². The van der Waals surface area contributed by atoms with E-state index in [4.69, 9.17) is 9.47 Å². The third kappa shape index (κ3) is 4.81. The molecule has 106 valence electrons. The minimum atomic E-state index is 0.206. The van der Waals surface area contributed by atoms with Crippen LogP contribution in [0.4, 0.5) is 0 Å². The molecule has 0 aliphatic heterocycles. The number of carbonyl (C=O) groups is 1. The minimum absolute atomic E-state index is 0.206. The van der Waals surface area contributed by atoms with Gasteiger partial charge in [0.25, 0.3) is 0 Å². The highest BCUT2D eigenvalue weighted by atomic mass is 16.5. The highest BCUT2D eigenvalue weighted by Gasteiger charge is 2.11. The van der Waals surface area contributed by atoms with E-state index in [1.54, 1.807) is 7.11 Å². The van der Waals surface area contributed by atoms with Crippen molar-refractivity contribution in [2.75, 3.05) is 13.7 Å². The summed E-state index contributed by atoms with van der Waals surface area (Å²) in [5.41, 5.74) is 1.12. The van der Waals surface area contributed by atoms with Crippen LogP contribution in [0.25, 0.3) is 0 Å². The molecule has 0 heterocycles. The van der Waals surface area contributed by atoms with E-state index < -0.39 is 0 Å². The van der Waals surface area contributed by atoms with Gasteiger partial charge in [0.15, 0.2) is 11.5 Å². The molecule has 19 heavy (non-hydrogen) atoms. The number of benzene rings is 1. The van der Waals surface area contributed by atoms with Crippen molar-refractivity contribution in [2.24, 2.45) is 0 Å². The number of rotatable bonds is 9. The van der Waals surface area contributed by atoms with Crippen LogP contribution in [-0.2, 0) is 11.2 Å². The second-order valence-corrected chi connectivity index (χ2v) is 4.36. The number of nitrogens with one attached hydrogen (secondary N) is 1. The molecule has 1 aromatic carbocycles. The maximum absolute atomic E-state index is 10.2. The van der Waals surface area contributed by atoms with Crippen LogP contribution in [-0.4, -0.2) is 26.2 Å². The molecule has 0 aliphatic carbocycles. The first-order valence-corrected chi connectivity index (χ1v) is 6.75. The molecular formula is C15H23NO3. The van der Waals surface area contributed by atoms with E-state index in [-0.39, 0.29) is 6.10 Å². The Kier molecular flexibility index (Phi) is 6.79. The minimum Gasteiger partial charge on any atom is -0.493 e. The Morgan fingerprint density at radius 2 is 2.00 bits per heavy atom. The van der Waals surface area contributed by atoms with Crippen molar-refractivity contribution in [1.82, 2.24) is 5.32 Å². The lowest BCUT2D eigenvalue weighted by Gasteiger charge is -2.18. The second kappa shape index (κ2) is 8.40. The molecule has 4 nitrogen and oxygen atoms in total. The fraction of sp³-hybridized carbons (Fsp3) is 0.533. The predicted octanol–water partition coefficient (Wildman–Crippen LogP) is 2.55. The first-order valence-electron chi connectivity index (χ1n) is 6.75. The summed E-state index contributed by atoms with van der Waals surface area (Å²) in [5, 5.41) is 2.66. The average molecular weight is 265 g/mol. The van der Waals surface area contributed by atoms with Crippen LogP contribution in [0.15, 0.2) is 18.2 Å². The third-order valence-electron chi connectivity index (χ3n) is 3.07. The standard InChI is InChI=1S/C15H23NO3/c1-4-13(5-2)19-15-10-12(8-9-16-11-17)6-7-14(15)18-3/h6-7,10-11,13H,4-5,8-9H2,1-3H3,(H,16,17). The molecular weight excluding hydrogens is 242 g/mol. The van der Waals surface area contributed by atoms with Gasteiger partial charge in [-0.05, 0) is 37.0 Å². The van der Waals surface area contributed by atoms with E-state index in [1.165, 1.54) is 0 Å². The summed E-state index contributed by atoms with van der Waals surface area (Å²) in [6.45, 7) is 4.84. The first kappa shape index (κ1) is 15.3. The van der Waals surface area contributed by atoms with Crippen molar-refractivity contribution in [3.63, 3.8) is 0 Å². The molecule has 1 N–H and O–H groups in total. The van der Waals surface area contributed by atoms with Gasteiger partial charge in [0.1, 0.15) is 0 Å². The van der Waals surface area contributed by atoms with Gasteiger partial charge in [0, 0.05) is 6.54 Å². The second-order valence-electron chi connectivity index (χ2n) is 4.36. The molecule has 0 atom stereocenters. The van der Waals surface area contributed by atoms with Gasteiger partial charge in [-0.25, -0.2) is 0 Å². The van der Waals surface area contributed by atoms with Crippen molar-refractivity contribution in [1.29, 1.82) is 0 Å². The highest BCUT2D eigenvalue weighted by Crippen LogP contribution is 2.30. The summed E-state index contributed by atoms with van der Waals surface area (Å²) < 4.78 is 11.3. The van der Waals surface area contributed by atoms with Crippen molar-refractivity contribution >= 4 is 6.41 Å². The predicted molar refractivity (Wildman–Crippen MR) is 75.8 cm³/mol. The van der Waals surface area contributed by atoms with Gasteiger partial charge in [-0.15, -0.1) is 0 Å². The lowest BCUT2D eigenvalue weighted by Crippen LogP contribution is -2.16. The molecule has 0 unspecified atom stereocenters. The Labute approximate surface area is 115 Å². The van der Waals surface area contributed by atoms with Crippen LogP contribution >= 0.6 is 0 Å². The summed E-state index contributed by atoms with van der Waals surface area (Å²) in [6, 6.07) is 5.89. The molecule has 0 fully saturated rings. The molecule has 0 radical (unpaired) electrons. The molecule has 0 aromatic heterocycles. The Hall–Kier alpha value is -1.71. The molecule has 1 aromatic rings. The van der Waals surface area contributed by atoms with Gasteiger partial charge in [0.05, 0.1) is 13.2 Å². The van der Waals surface area contributed by atoms with Crippen LogP contribution < -0.4 is 14.8 Å². The van der Waals surface area contributed by atoms with Gasteiger partial charge in [-0.3, -0.25) is 4.79 Å². The molecule has 4 heteroatoms. The fourth-order valence-electron chi connectivity index (χ4n) is 1.88. The SMILES string of the molecule is CCC(CC)Oc1cc(CCNC=O)ccc1OC. The van der Waals surface area contributed by atoms with E-state index >= 15 is 0 Å². The molecule has 1 rings (SSSR count). The Balaban J connectivity index is 2.79. The third-order valence-corrected chi connectivity index (χ3v) is 3.07. The van der Waals surface area contributed by atoms with Crippen LogP contribution in [0.3, 0.4) is 0 Å². The van der Waals surface area contributed by atoms with E-state index in [2.05, 4.69) is 19.2 Å². The van der Waals surface area contributed by atoms with E-state index in [0.717, 1.165) is 36.3 Å². The molecule has 0 bridgehead atoms. The summed E-state index contributed by atoms with van der Waals surface area (Å²) in [5.74, 6) is 1.53. The summed E-state index contributed by atoms with van der Waals surface area (Å²) >= 11 is 0. The number of amides is 1. The molecule has 0 aliphatic rings. The van der Waals surface area contributed by atoms with Crippen LogP contribution in [0.1, 0.15) is 32.3 Å². The van der Waals surface area contributed by atoms with Crippen molar-refractivity contribution in [3.05, 3.63) is 23.8 Å². The number of methoxy groups -OCH3 is 1. The average Bonchev–Trinajstić information content (AvgIpc) is 2.45. The van der Waals surface area contributed by atoms with Gasteiger partial charge in [0.2, 0.25) is 6.41 Å². The number of carbonyl (C=O) groups excluding carboxylic acids is 1. The fourth-order valence-corrected chi connectivity index (χ4v) is 1.88. The normalized spacial score (nSPS) is 10.3. The topological polar surface area (TPSA) is 47.6 Å².